The third-order valence-corrected chi connectivity index (χ3v) is 14.4. The smallest absolute Gasteiger partial charge is 0.171 e. The zero-order valence-electron chi connectivity index (χ0n) is 24.9. The van der Waals surface area contributed by atoms with E-state index in [9.17, 15) is 0 Å². The largest absolute Gasteiger partial charge is 0.309 e. The van der Waals surface area contributed by atoms with E-state index in [2.05, 4.69) is 9.97 Å². The van der Waals surface area contributed by atoms with E-state index in [-0.39, 0.29) is 0 Å². The van der Waals surface area contributed by atoms with Crippen molar-refractivity contribution in [2.75, 3.05) is 0 Å². The van der Waals surface area contributed by atoms with Gasteiger partial charge in [0.05, 0.1) is 0 Å². The Morgan fingerprint density at radius 2 is 0.783 bits per heavy atom. The molecule has 0 aliphatic carbocycles. The van der Waals surface area contributed by atoms with Crippen LogP contribution in [0.2, 0.25) is 0 Å². The fourth-order valence-corrected chi connectivity index (χ4v) is 12.0. The maximum Gasteiger partial charge on any atom is 0.171 e. The monoisotopic (exact) mass is 632 g/mol. The molecule has 0 unspecified atom stereocenters. The standard InChI is InChI=1S/C40H30N2O2P2/c43-45(34-15-5-1-6-16-34,35-17-7-2-8-18-35)38-28-33(32-14-13-25-42-30-32)29-39(40(38)31-23-26-41-27-24-31)46(44,36-19-9-3-10-20-36)37-21-11-4-12-22-37/h1-30H. The van der Waals surface area contributed by atoms with Gasteiger partial charge in [-0.1, -0.05) is 127 Å². The molecule has 6 heteroatoms. The molecule has 0 aliphatic heterocycles. The minimum absolute atomic E-state index is 0.611. The fraction of sp³-hybridized carbons (Fsp3) is 0. The van der Waals surface area contributed by atoms with Crippen LogP contribution in [0.3, 0.4) is 0 Å². The summed E-state index contributed by atoms with van der Waals surface area (Å²) < 4.78 is 32.5. The molecule has 0 aliphatic rings. The van der Waals surface area contributed by atoms with Gasteiger partial charge in [-0.2, -0.15) is 0 Å². The van der Waals surface area contributed by atoms with E-state index in [0.717, 1.165) is 16.7 Å². The minimum Gasteiger partial charge on any atom is -0.309 e. The minimum atomic E-state index is -3.57. The van der Waals surface area contributed by atoms with E-state index in [1.165, 1.54) is 0 Å². The Labute approximate surface area is 269 Å². The summed E-state index contributed by atoms with van der Waals surface area (Å²) in [4.78, 5) is 8.72. The predicted octanol–water partition coefficient (Wildman–Crippen LogP) is 7.09. The van der Waals surface area contributed by atoms with Gasteiger partial charge in [-0.25, -0.2) is 0 Å². The lowest BCUT2D eigenvalue weighted by Crippen LogP contribution is -2.33. The van der Waals surface area contributed by atoms with Gasteiger partial charge < -0.3 is 9.13 Å². The van der Waals surface area contributed by atoms with Gasteiger partial charge in [0.25, 0.3) is 0 Å². The predicted molar refractivity (Wildman–Crippen MR) is 192 cm³/mol. The van der Waals surface area contributed by atoms with Gasteiger partial charge >= 0.3 is 0 Å². The second-order valence-corrected chi connectivity index (χ2v) is 16.4. The van der Waals surface area contributed by atoms with Crippen LogP contribution in [0.15, 0.2) is 183 Å². The molecule has 0 radical (unpaired) electrons. The molecule has 0 amide bonds. The van der Waals surface area contributed by atoms with Crippen molar-refractivity contribution in [1.82, 2.24) is 9.97 Å². The summed E-state index contributed by atoms with van der Waals surface area (Å²) in [6, 6.07) is 50.2. The van der Waals surface area contributed by atoms with E-state index in [0.29, 0.717) is 37.4 Å². The summed E-state index contributed by atoms with van der Waals surface area (Å²) in [5.74, 6) is 0. The normalized spacial score (nSPS) is 11.7. The van der Waals surface area contributed by atoms with Crippen LogP contribution in [-0.4, -0.2) is 9.97 Å². The van der Waals surface area contributed by atoms with Crippen molar-refractivity contribution in [3.05, 3.63) is 183 Å². The molecule has 0 atom stereocenters. The number of pyridine rings is 2. The fourth-order valence-electron chi connectivity index (χ4n) is 6.03. The summed E-state index contributed by atoms with van der Waals surface area (Å²) in [6.07, 6.45) is 6.98. The molecule has 0 saturated heterocycles. The number of hydrogen-bond donors (Lipinski definition) is 0. The number of benzene rings is 5. The van der Waals surface area contributed by atoms with Gasteiger partial charge in [-0.05, 0) is 41.5 Å². The van der Waals surface area contributed by atoms with Crippen LogP contribution in [0.1, 0.15) is 0 Å². The van der Waals surface area contributed by atoms with Crippen molar-refractivity contribution in [2.45, 2.75) is 0 Å². The van der Waals surface area contributed by atoms with Gasteiger partial charge in [0.1, 0.15) is 0 Å². The van der Waals surface area contributed by atoms with Crippen LogP contribution in [-0.2, 0) is 9.13 Å². The van der Waals surface area contributed by atoms with Crippen molar-refractivity contribution in [3.8, 4) is 22.3 Å². The topological polar surface area (TPSA) is 59.9 Å². The van der Waals surface area contributed by atoms with Crippen LogP contribution in [0.4, 0.5) is 0 Å². The molecule has 0 spiro atoms. The summed E-state index contributed by atoms with van der Waals surface area (Å²) >= 11 is 0. The first kappa shape index (κ1) is 29.6. The van der Waals surface area contributed by atoms with Crippen LogP contribution in [0.5, 0.6) is 0 Å². The summed E-state index contributed by atoms with van der Waals surface area (Å²) in [5, 5.41) is 4.00. The van der Waals surface area contributed by atoms with Gasteiger partial charge in [0.15, 0.2) is 14.3 Å². The van der Waals surface area contributed by atoms with E-state index >= 15 is 9.13 Å². The Morgan fingerprint density at radius 1 is 0.370 bits per heavy atom. The van der Waals surface area contributed by atoms with Crippen LogP contribution >= 0.6 is 14.3 Å². The lowest BCUT2D eigenvalue weighted by Gasteiger charge is -2.29. The second-order valence-electron chi connectivity index (χ2n) is 10.9. The SMILES string of the molecule is O=P(c1ccccc1)(c1ccccc1)c1cc(-c2cccnc2)cc(P(=O)(c2ccccc2)c2ccccc2)c1-c1ccncc1. The molecule has 0 fully saturated rings. The zero-order valence-corrected chi connectivity index (χ0v) is 26.7. The highest BCUT2D eigenvalue weighted by atomic mass is 31.2. The molecule has 2 aromatic heterocycles. The highest BCUT2D eigenvalue weighted by Crippen LogP contribution is 2.51. The first-order valence-electron chi connectivity index (χ1n) is 15.0. The van der Waals surface area contributed by atoms with Crippen molar-refractivity contribution in [2.24, 2.45) is 0 Å². The average molecular weight is 633 g/mol. The molecular formula is C40H30N2O2P2. The third kappa shape index (κ3) is 5.26. The Hall–Kier alpha value is -5.14. The van der Waals surface area contributed by atoms with Gasteiger partial charge in [0, 0.05) is 67.7 Å². The molecule has 0 bridgehead atoms. The van der Waals surface area contributed by atoms with Gasteiger partial charge in [-0.3, -0.25) is 9.97 Å². The van der Waals surface area contributed by atoms with E-state index < -0.39 is 14.3 Å². The molecule has 2 heterocycles. The van der Waals surface area contributed by atoms with E-state index in [1.54, 1.807) is 24.8 Å². The lowest BCUT2D eigenvalue weighted by atomic mass is 10.0. The second kappa shape index (κ2) is 12.7. The number of nitrogens with zero attached hydrogens (tertiary/aromatic N) is 2. The first-order chi connectivity index (χ1) is 22.6. The number of hydrogen-bond acceptors (Lipinski definition) is 4. The Balaban J connectivity index is 1.71. The number of aromatic nitrogens is 2. The molecule has 46 heavy (non-hydrogen) atoms. The maximum atomic E-state index is 16.2. The maximum absolute atomic E-state index is 16.2. The zero-order chi connectivity index (χ0) is 31.4. The molecule has 0 saturated carbocycles. The highest BCUT2D eigenvalue weighted by molar-refractivity contribution is 7.87. The molecule has 7 rings (SSSR count). The molecule has 0 N–H and O–H groups in total. The van der Waals surface area contributed by atoms with Crippen LogP contribution in [0.25, 0.3) is 22.3 Å². The third-order valence-electron chi connectivity index (χ3n) is 8.22. The Bertz CT molecular complexity index is 1970. The highest BCUT2D eigenvalue weighted by Gasteiger charge is 2.39. The first-order valence-corrected chi connectivity index (χ1v) is 18.4. The van der Waals surface area contributed by atoms with Crippen molar-refractivity contribution in [3.63, 3.8) is 0 Å². The molecule has 7 aromatic rings. The van der Waals surface area contributed by atoms with Gasteiger partial charge in [0.2, 0.25) is 0 Å². The van der Waals surface area contributed by atoms with E-state index in [1.807, 2.05) is 158 Å². The van der Waals surface area contributed by atoms with Crippen LogP contribution < -0.4 is 31.8 Å². The van der Waals surface area contributed by atoms with Crippen molar-refractivity contribution < 1.29 is 9.13 Å². The lowest BCUT2D eigenvalue weighted by molar-refractivity contribution is 0.592. The van der Waals surface area contributed by atoms with Crippen molar-refractivity contribution >= 4 is 46.1 Å². The Kier molecular flexibility index (Phi) is 8.16. The van der Waals surface area contributed by atoms with E-state index in [4.69, 9.17) is 0 Å². The quantitative estimate of drug-likeness (QED) is 0.168. The molecule has 222 valence electrons. The molecule has 4 nitrogen and oxygen atoms in total. The Morgan fingerprint density at radius 3 is 1.15 bits per heavy atom. The molecule has 5 aromatic carbocycles. The average Bonchev–Trinajstić information content (AvgIpc) is 3.16. The van der Waals surface area contributed by atoms with Crippen LogP contribution in [0, 0.1) is 0 Å². The van der Waals surface area contributed by atoms with Gasteiger partial charge in [-0.15, -0.1) is 0 Å². The summed E-state index contributed by atoms with van der Waals surface area (Å²) in [5.41, 5.74) is 3.10. The summed E-state index contributed by atoms with van der Waals surface area (Å²) in [6.45, 7) is 0. The molecular weight excluding hydrogens is 602 g/mol. The number of rotatable bonds is 8. The summed E-state index contributed by atoms with van der Waals surface area (Å²) in [7, 11) is -7.14. The van der Waals surface area contributed by atoms with Crippen molar-refractivity contribution in [1.29, 1.82) is 0 Å².